The van der Waals surface area contributed by atoms with Gasteiger partial charge in [-0.2, -0.15) is 0 Å². The van der Waals surface area contributed by atoms with Crippen molar-refractivity contribution in [3.05, 3.63) is 45.6 Å². The summed E-state index contributed by atoms with van der Waals surface area (Å²) in [5.74, 6) is -1.11. The van der Waals surface area contributed by atoms with E-state index in [0.29, 0.717) is 18.6 Å². The van der Waals surface area contributed by atoms with Gasteiger partial charge in [0.05, 0.1) is 6.61 Å². The number of ketones is 1. The van der Waals surface area contributed by atoms with Crippen molar-refractivity contribution >= 4 is 33.4 Å². The van der Waals surface area contributed by atoms with Crippen LogP contribution in [0, 0.1) is 11.3 Å². The third-order valence-electron chi connectivity index (χ3n) is 5.21. The molecule has 0 amide bonds. The van der Waals surface area contributed by atoms with Crippen LogP contribution in [0.15, 0.2) is 45.0 Å². The normalized spacial score (nSPS) is 24.3. The maximum Gasteiger partial charge on any atom is 0.315 e. The largest absolute Gasteiger partial charge is 0.465 e. The SMILES string of the molecule is CCCOC(=O)C1C(C)=NC2=C(C(=O)CC(C)(C)C2)[C@@H]1c1cccc(Br)c1. The maximum absolute atomic E-state index is 13.1. The molecule has 4 nitrogen and oxygen atoms in total. The number of halogens is 1. The molecule has 0 N–H and O–H groups in total. The van der Waals surface area contributed by atoms with Crippen LogP contribution in [0.2, 0.25) is 0 Å². The first-order chi connectivity index (χ1) is 12.7. The summed E-state index contributed by atoms with van der Waals surface area (Å²) in [6.45, 7) is 8.40. The predicted octanol–water partition coefficient (Wildman–Crippen LogP) is 5.22. The van der Waals surface area contributed by atoms with E-state index in [0.717, 1.165) is 34.3 Å². The second kappa shape index (κ2) is 7.70. The Kier molecular flexibility index (Phi) is 5.71. The minimum atomic E-state index is -0.560. The lowest BCUT2D eigenvalue weighted by Crippen LogP contribution is -2.39. The lowest BCUT2D eigenvalue weighted by molar-refractivity contribution is -0.146. The summed E-state index contributed by atoms with van der Waals surface area (Å²) in [6.07, 6.45) is 1.98. The molecule has 3 rings (SSSR count). The van der Waals surface area contributed by atoms with Crippen molar-refractivity contribution in [3.8, 4) is 0 Å². The maximum atomic E-state index is 13.1. The molecule has 5 heteroatoms. The van der Waals surface area contributed by atoms with Crippen LogP contribution in [0.1, 0.15) is 58.4 Å². The molecule has 27 heavy (non-hydrogen) atoms. The van der Waals surface area contributed by atoms with Gasteiger partial charge in [-0.05, 0) is 42.9 Å². The smallest absolute Gasteiger partial charge is 0.315 e. The summed E-state index contributed by atoms with van der Waals surface area (Å²) in [5.41, 5.74) is 3.08. The molecule has 1 aromatic carbocycles. The summed E-state index contributed by atoms with van der Waals surface area (Å²) in [7, 11) is 0. The molecule has 0 spiro atoms. The topological polar surface area (TPSA) is 55.7 Å². The number of hydrogen-bond acceptors (Lipinski definition) is 4. The van der Waals surface area contributed by atoms with Gasteiger partial charge >= 0.3 is 5.97 Å². The Morgan fingerprint density at radius 2 is 2.07 bits per heavy atom. The van der Waals surface area contributed by atoms with Crippen molar-refractivity contribution in [1.29, 1.82) is 0 Å². The zero-order valence-electron chi connectivity index (χ0n) is 16.3. The quantitative estimate of drug-likeness (QED) is 0.613. The van der Waals surface area contributed by atoms with Gasteiger partial charge in [-0.15, -0.1) is 0 Å². The Morgan fingerprint density at radius 3 is 2.74 bits per heavy atom. The van der Waals surface area contributed by atoms with Crippen molar-refractivity contribution in [3.63, 3.8) is 0 Å². The lowest BCUT2D eigenvalue weighted by atomic mass is 9.67. The molecule has 1 aliphatic carbocycles. The molecular formula is C22H26BrNO3. The molecule has 2 aliphatic rings. The Labute approximate surface area is 169 Å². The van der Waals surface area contributed by atoms with Crippen molar-refractivity contribution in [1.82, 2.24) is 0 Å². The fourth-order valence-corrected chi connectivity index (χ4v) is 4.52. The highest BCUT2D eigenvalue weighted by Crippen LogP contribution is 2.48. The van der Waals surface area contributed by atoms with Crippen molar-refractivity contribution in [2.45, 2.75) is 52.9 Å². The van der Waals surface area contributed by atoms with Crippen molar-refractivity contribution in [2.75, 3.05) is 6.61 Å². The van der Waals surface area contributed by atoms with E-state index in [4.69, 9.17) is 9.73 Å². The van der Waals surface area contributed by atoms with E-state index in [9.17, 15) is 9.59 Å². The van der Waals surface area contributed by atoms with E-state index in [1.54, 1.807) is 0 Å². The molecule has 1 aromatic rings. The van der Waals surface area contributed by atoms with E-state index >= 15 is 0 Å². The first-order valence-corrected chi connectivity index (χ1v) is 10.3. The van der Waals surface area contributed by atoms with Crippen LogP contribution in [-0.4, -0.2) is 24.1 Å². The summed E-state index contributed by atoms with van der Waals surface area (Å²) >= 11 is 3.52. The number of aliphatic imine (C=N–C) groups is 1. The molecule has 0 radical (unpaired) electrons. The number of benzene rings is 1. The molecule has 1 aliphatic heterocycles. The van der Waals surface area contributed by atoms with E-state index in [1.165, 1.54) is 0 Å². The second-order valence-corrected chi connectivity index (χ2v) is 9.15. The van der Waals surface area contributed by atoms with E-state index in [-0.39, 0.29) is 23.1 Å². The molecule has 144 valence electrons. The standard InChI is InChI=1S/C22H26BrNO3/c1-5-9-27-21(26)18-13(2)24-16-11-22(3,4)12-17(25)20(16)19(18)14-7-6-8-15(23)10-14/h6-8,10,18-19H,5,9,11-12H2,1-4H3/t18?,19-/m1/s1. The monoisotopic (exact) mass is 431 g/mol. The van der Waals surface area contributed by atoms with Crippen LogP contribution in [0.5, 0.6) is 0 Å². The highest BCUT2D eigenvalue weighted by atomic mass is 79.9. The van der Waals surface area contributed by atoms with Gasteiger partial charge in [0, 0.05) is 33.8 Å². The fraction of sp³-hybridized carbons (Fsp3) is 0.500. The van der Waals surface area contributed by atoms with Crippen LogP contribution in [0.25, 0.3) is 0 Å². The molecule has 1 heterocycles. The molecular weight excluding hydrogens is 406 g/mol. The fourth-order valence-electron chi connectivity index (χ4n) is 4.10. The zero-order valence-corrected chi connectivity index (χ0v) is 17.9. The average molecular weight is 432 g/mol. The van der Waals surface area contributed by atoms with Gasteiger partial charge in [0.2, 0.25) is 0 Å². The van der Waals surface area contributed by atoms with Gasteiger partial charge < -0.3 is 4.74 Å². The molecule has 0 saturated carbocycles. The summed E-state index contributed by atoms with van der Waals surface area (Å²) in [5, 5.41) is 0. The summed E-state index contributed by atoms with van der Waals surface area (Å²) < 4.78 is 6.40. The minimum Gasteiger partial charge on any atom is -0.465 e. The summed E-state index contributed by atoms with van der Waals surface area (Å²) in [6, 6.07) is 7.85. The van der Waals surface area contributed by atoms with E-state index in [1.807, 2.05) is 38.1 Å². The van der Waals surface area contributed by atoms with Gasteiger partial charge in [-0.1, -0.05) is 48.8 Å². The Hall–Kier alpha value is -1.75. The van der Waals surface area contributed by atoms with E-state index in [2.05, 4.69) is 29.8 Å². The number of hydrogen-bond donors (Lipinski definition) is 0. The minimum absolute atomic E-state index is 0.0933. The zero-order chi connectivity index (χ0) is 19.8. The Bertz CT molecular complexity index is 838. The van der Waals surface area contributed by atoms with Crippen molar-refractivity contribution in [2.24, 2.45) is 16.3 Å². The molecule has 0 aromatic heterocycles. The number of Topliss-reactive ketones (excluding diaryl/α,β-unsaturated/α-hetero) is 1. The van der Waals surface area contributed by atoms with Crippen LogP contribution >= 0.6 is 15.9 Å². The first kappa shape index (κ1) is 20.0. The average Bonchev–Trinajstić information content (AvgIpc) is 2.57. The van der Waals surface area contributed by atoms with Gasteiger partial charge in [0.15, 0.2) is 5.78 Å². The molecule has 1 unspecified atom stereocenters. The van der Waals surface area contributed by atoms with Crippen LogP contribution < -0.4 is 0 Å². The van der Waals surface area contributed by atoms with Gasteiger partial charge in [-0.25, -0.2) is 0 Å². The van der Waals surface area contributed by atoms with Crippen LogP contribution in [0.3, 0.4) is 0 Å². The number of carbonyl (C=O) groups is 2. The van der Waals surface area contributed by atoms with Crippen LogP contribution in [-0.2, 0) is 14.3 Å². The highest BCUT2D eigenvalue weighted by Gasteiger charge is 2.45. The van der Waals surface area contributed by atoms with Crippen molar-refractivity contribution < 1.29 is 14.3 Å². The number of nitrogens with zero attached hydrogens (tertiary/aromatic N) is 1. The van der Waals surface area contributed by atoms with Gasteiger partial charge in [-0.3, -0.25) is 14.6 Å². The molecule has 0 bridgehead atoms. The number of esters is 1. The number of carbonyl (C=O) groups excluding carboxylic acids is 2. The number of rotatable bonds is 4. The third kappa shape index (κ3) is 4.08. The summed E-state index contributed by atoms with van der Waals surface area (Å²) in [4.78, 5) is 30.7. The molecule has 0 fully saturated rings. The second-order valence-electron chi connectivity index (χ2n) is 8.23. The number of ether oxygens (including phenoxy) is 1. The molecule has 2 atom stereocenters. The van der Waals surface area contributed by atoms with Crippen LogP contribution in [0.4, 0.5) is 0 Å². The Morgan fingerprint density at radius 1 is 1.33 bits per heavy atom. The Balaban J connectivity index is 2.13. The molecule has 0 saturated heterocycles. The highest BCUT2D eigenvalue weighted by molar-refractivity contribution is 9.10. The number of allylic oxidation sites excluding steroid dienone is 2. The predicted molar refractivity (Wildman–Crippen MR) is 110 cm³/mol. The van der Waals surface area contributed by atoms with E-state index < -0.39 is 5.92 Å². The third-order valence-corrected chi connectivity index (χ3v) is 5.71. The van der Waals surface area contributed by atoms with Gasteiger partial charge in [0.1, 0.15) is 5.92 Å². The lowest BCUT2D eigenvalue weighted by Gasteiger charge is -2.39. The first-order valence-electron chi connectivity index (χ1n) is 9.47. The van der Waals surface area contributed by atoms with Gasteiger partial charge in [0.25, 0.3) is 0 Å².